The number of nitrogens with zero attached hydrogens (tertiary/aromatic N) is 2. The van der Waals surface area contributed by atoms with Crippen LogP contribution in [-0.4, -0.2) is 16.3 Å². The monoisotopic (exact) mass is 325 g/mol. The Hall–Kier alpha value is -1.03. The van der Waals surface area contributed by atoms with Crippen molar-refractivity contribution in [2.45, 2.75) is 33.9 Å². The van der Waals surface area contributed by atoms with E-state index in [1.807, 2.05) is 23.7 Å². The molecule has 1 N–H and O–H groups in total. The lowest BCUT2D eigenvalue weighted by Gasteiger charge is -2.06. The van der Waals surface area contributed by atoms with Crippen LogP contribution in [0.15, 0.2) is 24.4 Å². The molecule has 0 aliphatic carbocycles. The van der Waals surface area contributed by atoms with Gasteiger partial charge < -0.3 is 5.32 Å². The number of rotatable bonds is 6. The Bertz CT molecular complexity index is 606. The van der Waals surface area contributed by atoms with Gasteiger partial charge in [0.05, 0.1) is 12.2 Å². The van der Waals surface area contributed by atoms with E-state index < -0.39 is 0 Å². The molecule has 1 aromatic carbocycles. The minimum absolute atomic E-state index is 0.647. The zero-order valence-electron chi connectivity index (χ0n) is 12.7. The van der Waals surface area contributed by atoms with Crippen LogP contribution in [0.25, 0.3) is 0 Å². The SMILES string of the molecule is Cc1nn(Cc2ccc(Cl)cc2Cl)cc1CNCC(C)C. The highest BCUT2D eigenvalue weighted by atomic mass is 35.5. The van der Waals surface area contributed by atoms with Crippen LogP contribution in [-0.2, 0) is 13.1 Å². The fourth-order valence-corrected chi connectivity index (χ4v) is 2.60. The summed E-state index contributed by atoms with van der Waals surface area (Å²) in [5.74, 6) is 0.647. The summed E-state index contributed by atoms with van der Waals surface area (Å²) in [7, 11) is 0. The third-order valence-corrected chi connectivity index (χ3v) is 3.85. The van der Waals surface area contributed by atoms with Crippen molar-refractivity contribution in [1.29, 1.82) is 0 Å². The Morgan fingerprint density at radius 3 is 2.67 bits per heavy atom. The molecule has 5 heteroatoms. The summed E-state index contributed by atoms with van der Waals surface area (Å²) in [5.41, 5.74) is 3.29. The Morgan fingerprint density at radius 1 is 1.24 bits per heavy atom. The lowest BCUT2D eigenvalue weighted by molar-refractivity contribution is 0.551. The van der Waals surface area contributed by atoms with E-state index in [4.69, 9.17) is 23.2 Å². The molecule has 0 saturated heterocycles. The van der Waals surface area contributed by atoms with Gasteiger partial charge in [-0.1, -0.05) is 43.1 Å². The smallest absolute Gasteiger partial charge is 0.0674 e. The molecule has 0 bridgehead atoms. The second kappa shape index (κ2) is 7.30. The van der Waals surface area contributed by atoms with E-state index in [2.05, 4.69) is 30.5 Å². The van der Waals surface area contributed by atoms with Gasteiger partial charge in [0.15, 0.2) is 0 Å². The second-order valence-corrected chi connectivity index (χ2v) is 6.54. The van der Waals surface area contributed by atoms with E-state index in [1.54, 1.807) is 6.07 Å². The van der Waals surface area contributed by atoms with E-state index in [9.17, 15) is 0 Å². The number of halogens is 2. The third kappa shape index (κ3) is 4.73. The number of aryl methyl sites for hydroxylation is 1. The van der Waals surface area contributed by atoms with Gasteiger partial charge in [-0.3, -0.25) is 4.68 Å². The summed E-state index contributed by atoms with van der Waals surface area (Å²) < 4.78 is 1.93. The molecular formula is C16H21Cl2N3. The zero-order chi connectivity index (χ0) is 15.4. The van der Waals surface area contributed by atoms with Crippen LogP contribution in [0.5, 0.6) is 0 Å². The average Bonchev–Trinajstić information content (AvgIpc) is 2.73. The summed E-state index contributed by atoms with van der Waals surface area (Å²) in [6.07, 6.45) is 2.08. The first-order chi connectivity index (χ1) is 9.95. The van der Waals surface area contributed by atoms with Crippen LogP contribution in [0.3, 0.4) is 0 Å². The van der Waals surface area contributed by atoms with Gasteiger partial charge >= 0.3 is 0 Å². The second-order valence-electron chi connectivity index (χ2n) is 5.70. The zero-order valence-corrected chi connectivity index (χ0v) is 14.2. The van der Waals surface area contributed by atoms with Gasteiger partial charge in [0.25, 0.3) is 0 Å². The standard InChI is InChI=1S/C16H21Cl2N3/c1-11(2)7-19-8-14-10-21(20-12(14)3)9-13-4-5-15(17)6-16(13)18/h4-6,10-11,19H,7-9H2,1-3H3. The highest BCUT2D eigenvalue weighted by Gasteiger charge is 2.07. The van der Waals surface area contributed by atoms with Crippen molar-refractivity contribution in [3.8, 4) is 0 Å². The Labute approximate surface area is 136 Å². The molecule has 0 unspecified atom stereocenters. The van der Waals surface area contributed by atoms with Crippen LogP contribution in [0.2, 0.25) is 10.0 Å². The molecule has 0 atom stereocenters. The predicted molar refractivity (Wildman–Crippen MR) is 89.1 cm³/mol. The fourth-order valence-electron chi connectivity index (χ4n) is 2.13. The van der Waals surface area contributed by atoms with Crippen LogP contribution in [0.4, 0.5) is 0 Å². The molecule has 0 saturated carbocycles. The number of benzene rings is 1. The third-order valence-electron chi connectivity index (χ3n) is 3.26. The first-order valence-electron chi connectivity index (χ1n) is 7.13. The van der Waals surface area contributed by atoms with E-state index in [0.29, 0.717) is 22.5 Å². The summed E-state index contributed by atoms with van der Waals surface area (Å²) >= 11 is 12.1. The summed E-state index contributed by atoms with van der Waals surface area (Å²) in [5, 5.41) is 9.32. The van der Waals surface area contributed by atoms with Gasteiger partial charge in [-0.2, -0.15) is 5.10 Å². The summed E-state index contributed by atoms with van der Waals surface area (Å²) in [6.45, 7) is 8.94. The highest BCUT2D eigenvalue weighted by Crippen LogP contribution is 2.22. The Kier molecular flexibility index (Phi) is 5.68. The highest BCUT2D eigenvalue weighted by molar-refractivity contribution is 6.35. The number of aromatic nitrogens is 2. The summed E-state index contributed by atoms with van der Waals surface area (Å²) in [6, 6.07) is 5.56. The lowest BCUT2D eigenvalue weighted by atomic mass is 10.2. The van der Waals surface area contributed by atoms with E-state index in [0.717, 1.165) is 24.3 Å². The van der Waals surface area contributed by atoms with Crippen molar-refractivity contribution in [3.05, 3.63) is 51.3 Å². The van der Waals surface area contributed by atoms with Crippen molar-refractivity contribution >= 4 is 23.2 Å². The molecule has 2 aromatic rings. The largest absolute Gasteiger partial charge is 0.312 e. The molecule has 21 heavy (non-hydrogen) atoms. The molecule has 0 fully saturated rings. The first kappa shape index (κ1) is 16.3. The summed E-state index contributed by atoms with van der Waals surface area (Å²) in [4.78, 5) is 0. The number of hydrogen-bond acceptors (Lipinski definition) is 2. The van der Waals surface area contributed by atoms with E-state index >= 15 is 0 Å². The molecule has 0 amide bonds. The van der Waals surface area contributed by atoms with Crippen molar-refractivity contribution < 1.29 is 0 Å². The Balaban J connectivity index is 2.04. The fraction of sp³-hybridized carbons (Fsp3) is 0.438. The van der Waals surface area contributed by atoms with E-state index in [-0.39, 0.29) is 0 Å². The molecule has 0 aliphatic heterocycles. The maximum absolute atomic E-state index is 6.21. The molecule has 0 aliphatic rings. The lowest BCUT2D eigenvalue weighted by Crippen LogP contribution is -2.19. The molecule has 0 spiro atoms. The molecular weight excluding hydrogens is 305 g/mol. The quantitative estimate of drug-likeness (QED) is 0.858. The predicted octanol–water partition coefficient (Wildman–Crippen LogP) is 4.29. The van der Waals surface area contributed by atoms with Crippen LogP contribution >= 0.6 is 23.2 Å². The number of nitrogens with one attached hydrogen (secondary N) is 1. The van der Waals surface area contributed by atoms with Crippen LogP contribution in [0.1, 0.15) is 30.7 Å². The topological polar surface area (TPSA) is 29.9 Å². The van der Waals surface area contributed by atoms with Crippen molar-refractivity contribution in [3.63, 3.8) is 0 Å². The van der Waals surface area contributed by atoms with Gasteiger partial charge in [-0.15, -0.1) is 0 Å². The molecule has 1 heterocycles. The Morgan fingerprint density at radius 2 is 2.00 bits per heavy atom. The minimum atomic E-state index is 0.647. The molecule has 3 nitrogen and oxygen atoms in total. The van der Waals surface area contributed by atoms with Gasteiger partial charge in [0.1, 0.15) is 0 Å². The van der Waals surface area contributed by atoms with Gasteiger partial charge in [0.2, 0.25) is 0 Å². The number of hydrogen-bond donors (Lipinski definition) is 1. The van der Waals surface area contributed by atoms with Crippen molar-refractivity contribution in [2.24, 2.45) is 5.92 Å². The molecule has 114 valence electrons. The average molecular weight is 326 g/mol. The van der Waals surface area contributed by atoms with Crippen molar-refractivity contribution in [2.75, 3.05) is 6.54 Å². The van der Waals surface area contributed by atoms with Crippen LogP contribution < -0.4 is 5.32 Å². The molecule has 0 radical (unpaired) electrons. The van der Waals surface area contributed by atoms with Gasteiger partial charge in [-0.05, 0) is 37.1 Å². The van der Waals surface area contributed by atoms with Crippen molar-refractivity contribution in [1.82, 2.24) is 15.1 Å². The molecule has 1 aromatic heterocycles. The van der Waals surface area contributed by atoms with Gasteiger partial charge in [0, 0.05) is 28.4 Å². The maximum atomic E-state index is 6.21. The van der Waals surface area contributed by atoms with E-state index in [1.165, 1.54) is 5.56 Å². The maximum Gasteiger partial charge on any atom is 0.0674 e. The van der Waals surface area contributed by atoms with Gasteiger partial charge in [-0.25, -0.2) is 0 Å². The first-order valence-corrected chi connectivity index (χ1v) is 7.89. The molecule has 2 rings (SSSR count). The normalized spacial score (nSPS) is 11.3. The van der Waals surface area contributed by atoms with Crippen LogP contribution in [0, 0.1) is 12.8 Å². The minimum Gasteiger partial charge on any atom is -0.312 e.